The number of ether oxygens (including phenoxy) is 1. The monoisotopic (exact) mass is 407 g/mol. The Morgan fingerprint density at radius 2 is 2.04 bits per heavy atom. The predicted octanol–water partition coefficient (Wildman–Crippen LogP) is 2.76. The number of rotatable bonds is 6. The van der Waals surface area contributed by atoms with Crippen LogP contribution in [0, 0.1) is 10.1 Å². The van der Waals surface area contributed by atoms with Gasteiger partial charge in [0.2, 0.25) is 11.7 Å². The van der Waals surface area contributed by atoms with E-state index in [0.29, 0.717) is 0 Å². The number of nitro groups is 1. The Hall–Kier alpha value is -2.94. The number of hydrogen-bond acceptors (Lipinski definition) is 6. The molecular formula is C16H14BrN3O5. The standard InChI is InChI=1S/C16H14BrN3O5/c1-25-16-13(21)7-4-11(15(16)20(23)24)9-18-19-14(22)8-10-2-5-12(17)6-3-10/h2-7,9,21H,8H2,1H3,(H,19,22). The normalized spacial score (nSPS) is 10.6. The molecule has 0 fully saturated rings. The molecule has 0 heterocycles. The first-order chi connectivity index (χ1) is 11.9. The number of nitrogens with zero attached hydrogens (tertiary/aromatic N) is 2. The summed E-state index contributed by atoms with van der Waals surface area (Å²) in [6.07, 6.45) is 1.24. The minimum atomic E-state index is -0.691. The fraction of sp³-hybridized carbons (Fsp3) is 0.125. The van der Waals surface area contributed by atoms with E-state index in [-0.39, 0.29) is 29.4 Å². The highest BCUT2D eigenvalue weighted by Gasteiger charge is 2.23. The third-order valence-electron chi connectivity index (χ3n) is 3.20. The van der Waals surface area contributed by atoms with Crippen LogP contribution < -0.4 is 10.2 Å². The Bertz CT molecular complexity index is 821. The van der Waals surface area contributed by atoms with Crippen LogP contribution >= 0.6 is 15.9 Å². The zero-order valence-electron chi connectivity index (χ0n) is 13.1. The molecule has 0 aliphatic carbocycles. The van der Waals surface area contributed by atoms with Gasteiger partial charge in [-0.1, -0.05) is 28.1 Å². The maximum absolute atomic E-state index is 11.8. The second-order valence-corrected chi connectivity index (χ2v) is 5.82. The number of phenolic OH excluding ortho intramolecular Hbond substituents is 1. The Labute approximate surface area is 151 Å². The van der Waals surface area contributed by atoms with Crippen LogP contribution in [0.15, 0.2) is 46.0 Å². The van der Waals surface area contributed by atoms with Crippen LogP contribution in [0.3, 0.4) is 0 Å². The second kappa shape index (κ2) is 8.25. The number of phenols is 1. The van der Waals surface area contributed by atoms with E-state index in [0.717, 1.165) is 16.3 Å². The van der Waals surface area contributed by atoms with E-state index >= 15 is 0 Å². The van der Waals surface area contributed by atoms with Crippen molar-refractivity contribution in [2.24, 2.45) is 5.10 Å². The first-order valence-corrected chi connectivity index (χ1v) is 7.82. The minimum Gasteiger partial charge on any atom is -0.504 e. The van der Waals surface area contributed by atoms with Gasteiger partial charge in [0, 0.05) is 4.47 Å². The largest absolute Gasteiger partial charge is 0.504 e. The average Bonchev–Trinajstić information content (AvgIpc) is 2.57. The molecule has 0 aliphatic heterocycles. The Morgan fingerprint density at radius 3 is 2.64 bits per heavy atom. The first kappa shape index (κ1) is 18.4. The molecule has 0 unspecified atom stereocenters. The smallest absolute Gasteiger partial charge is 0.323 e. The zero-order chi connectivity index (χ0) is 18.4. The van der Waals surface area contributed by atoms with Gasteiger partial charge in [0.25, 0.3) is 0 Å². The van der Waals surface area contributed by atoms with Gasteiger partial charge < -0.3 is 9.84 Å². The number of hydrazone groups is 1. The number of aromatic hydroxyl groups is 1. The third kappa shape index (κ3) is 4.77. The van der Waals surface area contributed by atoms with E-state index in [1.165, 1.54) is 19.2 Å². The minimum absolute atomic E-state index is 0.0867. The molecule has 8 nitrogen and oxygen atoms in total. The molecule has 130 valence electrons. The summed E-state index contributed by atoms with van der Waals surface area (Å²) in [5.41, 5.74) is 2.75. The van der Waals surface area contributed by atoms with Crippen LogP contribution in [0.1, 0.15) is 11.1 Å². The van der Waals surface area contributed by atoms with Crippen molar-refractivity contribution in [2.45, 2.75) is 6.42 Å². The first-order valence-electron chi connectivity index (χ1n) is 7.03. The summed E-state index contributed by atoms with van der Waals surface area (Å²) in [7, 11) is 1.21. The van der Waals surface area contributed by atoms with Crippen molar-refractivity contribution in [3.05, 3.63) is 62.1 Å². The summed E-state index contributed by atoms with van der Waals surface area (Å²) in [6.45, 7) is 0. The number of carbonyl (C=O) groups excluding carboxylic acids is 1. The highest BCUT2D eigenvalue weighted by atomic mass is 79.9. The molecule has 0 radical (unpaired) electrons. The number of carbonyl (C=O) groups is 1. The maximum Gasteiger partial charge on any atom is 0.323 e. The van der Waals surface area contributed by atoms with Crippen molar-refractivity contribution in [2.75, 3.05) is 7.11 Å². The lowest BCUT2D eigenvalue weighted by molar-refractivity contribution is -0.386. The Morgan fingerprint density at radius 1 is 1.36 bits per heavy atom. The van der Waals surface area contributed by atoms with E-state index < -0.39 is 10.6 Å². The van der Waals surface area contributed by atoms with Crippen LogP contribution in [0.2, 0.25) is 0 Å². The summed E-state index contributed by atoms with van der Waals surface area (Å²) >= 11 is 3.31. The van der Waals surface area contributed by atoms with Crippen molar-refractivity contribution in [1.29, 1.82) is 0 Å². The summed E-state index contributed by atoms with van der Waals surface area (Å²) in [4.78, 5) is 22.3. The second-order valence-electron chi connectivity index (χ2n) is 4.91. The average molecular weight is 408 g/mol. The van der Waals surface area contributed by atoms with Crippen molar-refractivity contribution in [3.8, 4) is 11.5 Å². The van der Waals surface area contributed by atoms with Crippen molar-refractivity contribution in [1.82, 2.24) is 5.43 Å². The number of hydrogen-bond donors (Lipinski definition) is 2. The molecule has 0 saturated carbocycles. The number of nitro benzene ring substituents is 1. The van der Waals surface area contributed by atoms with Gasteiger partial charge in [-0.3, -0.25) is 14.9 Å². The summed E-state index contributed by atoms with van der Waals surface area (Å²) in [6, 6.07) is 9.78. The molecule has 1 amide bonds. The molecule has 2 N–H and O–H groups in total. The molecule has 0 spiro atoms. The lowest BCUT2D eigenvalue weighted by Crippen LogP contribution is -2.19. The van der Waals surface area contributed by atoms with E-state index in [1.54, 1.807) is 12.1 Å². The van der Waals surface area contributed by atoms with E-state index in [4.69, 9.17) is 4.74 Å². The van der Waals surface area contributed by atoms with Crippen molar-refractivity contribution < 1.29 is 19.6 Å². The van der Waals surface area contributed by atoms with Gasteiger partial charge in [-0.15, -0.1) is 0 Å². The lowest BCUT2D eigenvalue weighted by Gasteiger charge is -2.06. The third-order valence-corrected chi connectivity index (χ3v) is 3.73. The van der Waals surface area contributed by atoms with Crippen LogP contribution in [-0.4, -0.2) is 29.3 Å². The Kier molecular flexibility index (Phi) is 6.07. The van der Waals surface area contributed by atoms with Gasteiger partial charge in [0.15, 0.2) is 5.75 Å². The molecule has 0 saturated heterocycles. The predicted molar refractivity (Wildman–Crippen MR) is 94.9 cm³/mol. The highest BCUT2D eigenvalue weighted by Crippen LogP contribution is 2.37. The van der Waals surface area contributed by atoms with Crippen molar-refractivity contribution in [3.63, 3.8) is 0 Å². The molecule has 0 bridgehead atoms. The summed E-state index contributed by atoms with van der Waals surface area (Å²) < 4.78 is 5.76. The molecule has 9 heteroatoms. The highest BCUT2D eigenvalue weighted by molar-refractivity contribution is 9.10. The van der Waals surface area contributed by atoms with Gasteiger partial charge in [0.05, 0.1) is 30.2 Å². The molecule has 2 aromatic rings. The fourth-order valence-electron chi connectivity index (χ4n) is 2.07. The van der Waals surface area contributed by atoms with Gasteiger partial charge in [-0.05, 0) is 29.8 Å². The van der Waals surface area contributed by atoms with Crippen LogP contribution in [0.4, 0.5) is 5.69 Å². The van der Waals surface area contributed by atoms with Crippen molar-refractivity contribution >= 4 is 33.7 Å². The van der Waals surface area contributed by atoms with E-state index in [1.807, 2.05) is 12.1 Å². The van der Waals surface area contributed by atoms with Crippen LogP contribution in [0.25, 0.3) is 0 Å². The molecule has 0 aliphatic rings. The van der Waals surface area contributed by atoms with E-state index in [2.05, 4.69) is 26.5 Å². The summed E-state index contributed by atoms with van der Waals surface area (Å²) in [5, 5.41) is 24.5. The molecule has 2 aromatic carbocycles. The van der Waals surface area contributed by atoms with Gasteiger partial charge in [0.1, 0.15) is 0 Å². The van der Waals surface area contributed by atoms with Gasteiger partial charge in [-0.25, -0.2) is 5.43 Å². The van der Waals surface area contributed by atoms with E-state index in [9.17, 15) is 20.0 Å². The topological polar surface area (TPSA) is 114 Å². The maximum atomic E-state index is 11.8. The molecule has 0 atom stereocenters. The number of methoxy groups -OCH3 is 1. The fourth-order valence-corrected chi connectivity index (χ4v) is 2.33. The van der Waals surface area contributed by atoms with Crippen LogP contribution in [-0.2, 0) is 11.2 Å². The molecule has 0 aromatic heterocycles. The lowest BCUT2D eigenvalue weighted by atomic mass is 10.1. The van der Waals surface area contributed by atoms with Gasteiger partial charge >= 0.3 is 5.69 Å². The zero-order valence-corrected chi connectivity index (χ0v) is 14.7. The quantitative estimate of drug-likeness (QED) is 0.434. The van der Waals surface area contributed by atoms with Gasteiger partial charge in [-0.2, -0.15) is 5.10 Å². The number of halogens is 1. The number of benzene rings is 2. The molecule has 25 heavy (non-hydrogen) atoms. The SMILES string of the molecule is COc1c(O)ccc(C=NNC(=O)Cc2ccc(Br)cc2)c1[N+](=O)[O-]. The molecular weight excluding hydrogens is 394 g/mol. The number of amides is 1. The summed E-state index contributed by atoms with van der Waals surface area (Å²) in [5.74, 6) is -0.993. The van der Waals surface area contributed by atoms with Crippen LogP contribution in [0.5, 0.6) is 11.5 Å². The number of nitrogens with one attached hydrogen (secondary N) is 1. The Balaban J connectivity index is 2.10. The molecule has 2 rings (SSSR count).